The van der Waals surface area contributed by atoms with Gasteiger partial charge in [0.05, 0.1) is 6.54 Å². The number of nitrogens with zero attached hydrogens (tertiary/aromatic N) is 2. The van der Waals surface area contributed by atoms with Gasteiger partial charge in [-0.2, -0.15) is 0 Å². The summed E-state index contributed by atoms with van der Waals surface area (Å²) in [5, 5.41) is 0. The van der Waals surface area contributed by atoms with Crippen molar-refractivity contribution in [3.8, 4) is 0 Å². The smallest absolute Gasteiger partial charge is 0.242 e. The Balaban J connectivity index is 1.71. The van der Waals surface area contributed by atoms with Crippen molar-refractivity contribution in [2.45, 2.75) is 32.1 Å². The Labute approximate surface area is 125 Å². The molecule has 0 aliphatic carbocycles. The maximum Gasteiger partial charge on any atom is 0.242 e. The SMILES string of the molecule is O=C1CCN(CC(=O)N2CCCCCC2)c2ccccc21. The van der Waals surface area contributed by atoms with Crippen molar-refractivity contribution in [3.63, 3.8) is 0 Å². The summed E-state index contributed by atoms with van der Waals surface area (Å²) in [4.78, 5) is 28.5. The normalized spacial score (nSPS) is 19.1. The number of carbonyl (C=O) groups is 2. The second kappa shape index (κ2) is 6.29. The molecule has 21 heavy (non-hydrogen) atoms. The van der Waals surface area contributed by atoms with Gasteiger partial charge in [0.2, 0.25) is 5.91 Å². The van der Waals surface area contributed by atoms with E-state index in [2.05, 4.69) is 4.90 Å². The molecule has 3 rings (SSSR count). The molecule has 0 atom stereocenters. The summed E-state index contributed by atoms with van der Waals surface area (Å²) in [6.07, 6.45) is 5.18. The summed E-state index contributed by atoms with van der Waals surface area (Å²) in [7, 11) is 0. The Morgan fingerprint density at radius 3 is 2.48 bits per heavy atom. The van der Waals surface area contributed by atoms with Crippen LogP contribution in [0.4, 0.5) is 5.69 Å². The summed E-state index contributed by atoms with van der Waals surface area (Å²) in [6.45, 7) is 2.81. The Morgan fingerprint density at radius 1 is 1.00 bits per heavy atom. The summed E-state index contributed by atoms with van der Waals surface area (Å²) >= 11 is 0. The van der Waals surface area contributed by atoms with Crippen LogP contribution < -0.4 is 4.90 Å². The zero-order valence-corrected chi connectivity index (χ0v) is 12.4. The number of amides is 1. The molecule has 4 nitrogen and oxygen atoms in total. The number of likely N-dealkylation sites (tertiary alicyclic amines) is 1. The van der Waals surface area contributed by atoms with Gasteiger partial charge in [0.25, 0.3) is 0 Å². The van der Waals surface area contributed by atoms with Crippen LogP contribution in [-0.2, 0) is 4.79 Å². The summed E-state index contributed by atoms with van der Waals surface area (Å²) < 4.78 is 0. The minimum absolute atomic E-state index is 0.184. The van der Waals surface area contributed by atoms with Crippen LogP contribution in [0.15, 0.2) is 24.3 Å². The van der Waals surface area contributed by atoms with E-state index < -0.39 is 0 Å². The molecule has 112 valence electrons. The molecule has 1 saturated heterocycles. The number of Topliss-reactive ketones (excluding diaryl/α,β-unsaturated/α-hetero) is 1. The molecule has 1 aromatic carbocycles. The van der Waals surface area contributed by atoms with Crippen LogP contribution in [0.25, 0.3) is 0 Å². The molecule has 2 heterocycles. The molecular formula is C17H22N2O2. The van der Waals surface area contributed by atoms with Crippen molar-refractivity contribution in [3.05, 3.63) is 29.8 Å². The van der Waals surface area contributed by atoms with Crippen molar-refractivity contribution in [2.24, 2.45) is 0 Å². The molecule has 0 saturated carbocycles. The lowest BCUT2D eigenvalue weighted by molar-refractivity contribution is -0.129. The lowest BCUT2D eigenvalue weighted by Crippen LogP contribution is -2.43. The molecular weight excluding hydrogens is 264 g/mol. The molecule has 1 amide bonds. The van der Waals surface area contributed by atoms with Crippen LogP contribution in [0.2, 0.25) is 0 Å². The number of ketones is 1. The fourth-order valence-corrected chi connectivity index (χ4v) is 3.22. The Kier molecular flexibility index (Phi) is 4.23. The molecule has 0 N–H and O–H groups in total. The zero-order valence-electron chi connectivity index (χ0n) is 12.4. The summed E-state index contributed by atoms with van der Waals surface area (Å²) in [6, 6.07) is 7.63. The molecule has 0 radical (unpaired) electrons. The lowest BCUT2D eigenvalue weighted by Gasteiger charge is -2.32. The fourth-order valence-electron chi connectivity index (χ4n) is 3.22. The molecule has 1 fully saturated rings. The fraction of sp³-hybridized carbons (Fsp3) is 0.529. The first-order valence-corrected chi connectivity index (χ1v) is 7.90. The molecule has 2 aliphatic heterocycles. The first-order valence-electron chi connectivity index (χ1n) is 7.90. The third kappa shape index (κ3) is 3.09. The quantitative estimate of drug-likeness (QED) is 0.838. The number of carbonyl (C=O) groups excluding carboxylic acids is 2. The van der Waals surface area contributed by atoms with Gasteiger partial charge in [-0.1, -0.05) is 25.0 Å². The molecule has 4 heteroatoms. The van der Waals surface area contributed by atoms with E-state index in [1.807, 2.05) is 29.2 Å². The molecule has 0 bridgehead atoms. The van der Waals surface area contributed by atoms with E-state index in [0.29, 0.717) is 19.5 Å². The first kappa shape index (κ1) is 14.1. The molecule has 2 aliphatic rings. The minimum atomic E-state index is 0.184. The highest BCUT2D eigenvalue weighted by Gasteiger charge is 2.25. The highest BCUT2D eigenvalue weighted by atomic mass is 16.2. The number of para-hydroxylation sites is 1. The predicted octanol–water partition coefficient (Wildman–Crippen LogP) is 2.48. The second-order valence-electron chi connectivity index (χ2n) is 5.91. The maximum absolute atomic E-state index is 12.5. The van der Waals surface area contributed by atoms with Crippen molar-refractivity contribution < 1.29 is 9.59 Å². The van der Waals surface area contributed by atoms with E-state index in [1.54, 1.807) is 0 Å². The standard InChI is InChI=1S/C17H22N2O2/c20-16-9-12-19(15-8-4-3-7-14(15)16)13-17(21)18-10-5-1-2-6-11-18/h3-4,7-8H,1-2,5-6,9-13H2. The number of anilines is 1. The monoisotopic (exact) mass is 286 g/mol. The lowest BCUT2D eigenvalue weighted by atomic mass is 10.0. The third-order valence-corrected chi connectivity index (χ3v) is 4.44. The molecule has 0 aromatic heterocycles. The largest absolute Gasteiger partial charge is 0.361 e. The van der Waals surface area contributed by atoms with E-state index >= 15 is 0 Å². The van der Waals surface area contributed by atoms with E-state index in [-0.39, 0.29) is 11.7 Å². The van der Waals surface area contributed by atoms with Crippen LogP contribution in [0.3, 0.4) is 0 Å². The average Bonchev–Trinajstić information content (AvgIpc) is 2.79. The topological polar surface area (TPSA) is 40.6 Å². The van der Waals surface area contributed by atoms with Gasteiger partial charge in [-0.25, -0.2) is 0 Å². The van der Waals surface area contributed by atoms with Crippen LogP contribution in [0, 0.1) is 0 Å². The van der Waals surface area contributed by atoms with E-state index in [1.165, 1.54) is 12.8 Å². The van der Waals surface area contributed by atoms with Crippen LogP contribution >= 0.6 is 0 Å². The molecule has 0 spiro atoms. The zero-order chi connectivity index (χ0) is 14.7. The van der Waals surface area contributed by atoms with Gasteiger partial charge in [-0.15, -0.1) is 0 Å². The Morgan fingerprint density at radius 2 is 1.71 bits per heavy atom. The second-order valence-corrected chi connectivity index (χ2v) is 5.91. The van der Waals surface area contributed by atoms with Gasteiger partial charge < -0.3 is 9.80 Å². The van der Waals surface area contributed by atoms with Crippen LogP contribution in [0.1, 0.15) is 42.5 Å². The summed E-state index contributed by atoms with van der Waals surface area (Å²) in [5.41, 5.74) is 1.67. The maximum atomic E-state index is 12.5. The molecule has 1 aromatic rings. The van der Waals surface area contributed by atoms with Crippen LogP contribution in [0.5, 0.6) is 0 Å². The van der Waals surface area contributed by atoms with Gasteiger partial charge in [-0.3, -0.25) is 9.59 Å². The average molecular weight is 286 g/mol. The number of rotatable bonds is 2. The highest BCUT2D eigenvalue weighted by molar-refractivity contribution is 6.04. The number of fused-ring (bicyclic) bond motifs is 1. The number of hydrogen-bond donors (Lipinski definition) is 0. The Hall–Kier alpha value is -1.84. The summed E-state index contributed by atoms with van der Waals surface area (Å²) in [5.74, 6) is 0.380. The van der Waals surface area contributed by atoms with Crippen molar-refractivity contribution in [2.75, 3.05) is 31.1 Å². The Bertz CT molecular complexity index is 533. The van der Waals surface area contributed by atoms with Gasteiger partial charge in [0.1, 0.15) is 0 Å². The third-order valence-electron chi connectivity index (χ3n) is 4.44. The van der Waals surface area contributed by atoms with Gasteiger partial charge in [0.15, 0.2) is 5.78 Å². The van der Waals surface area contributed by atoms with Gasteiger partial charge in [-0.05, 0) is 25.0 Å². The van der Waals surface area contributed by atoms with E-state index in [0.717, 1.165) is 37.2 Å². The van der Waals surface area contributed by atoms with E-state index in [9.17, 15) is 9.59 Å². The minimum Gasteiger partial charge on any atom is -0.361 e. The van der Waals surface area contributed by atoms with Crippen LogP contribution in [-0.4, -0.2) is 42.8 Å². The highest BCUT2D eigenvalue weighted by Crippen LogP contribution is 2.26. The number of hydrogen-bond acceptors (Lipinski definition) is 3. The number of benzene rings is 1. The van der Waals surface area contributed by atoms with Gasteiger partial charge >= 0.3 is 0 Å². The van der Waals surface area contributed by atoms with Crippen molar-refractivity contribution in [1.29, 1.82) is 0 Å². The first-order chi connectivity index (χ1) is 10.3. The van der Waals surface area contributed by atoms with Crippen molar-refractivity contribution >= 4 is 17.4 Å². The van der Waals surface area contributed by atoms with Gasteiger partial charge in [0, 0.05) is 37.3 Å². The van der Waals surface area contributed by atoms with E-state index in [4.69, 9.17) is 0 Å². The van der Waals surface area contributed by atoms with Crippen molar-refractivity contribution in [1.82, 2.24) is 4.90 Å². The molecule has 0 unspecified atom stereocenters. The predicted molar refractivity (Wildman–Crippen MR) is 82.7 cm³/mol.